The minimum absolute atomic E-state index is 0.138. The lowest BCUT2D eigenvalue weighted by Gasteiger charge is -2.27. The highest BCUT2D eigenvalue weighted by molar-refractivity contribution is 6.06. The molecular weight excluding hydrogens is 390 g/mol. The molecule has 2 aromatic carbocycles. The van der Waals surface area contributed by atoms with Crippen LogP contribution in [-0.2, 0) is 4.79 Å². The molecule has 0 unspecified atom stereocenters. The van der Waals surface area contributed by atoms with Crippen LogP contribution in [0.2, 0.25) is 0 Å². The molecule has 11 nitrogen and oxygen atoms in total. The summed E-state index contributed by atoms with van der Waals surface area (Å²) < 4.78 is 6.65. The van der Waals surface area contributed by atoms with Gasteiger partial charge in [-0.05, 0) is 35.5 Å². The van der Waals surface area contributed by atoms with Crippen molar-refractivity contribution in [1.29, 1.82) is 0 Å². The van der Waals surface area contributed by atoms with E-state index in [4.69, 9.17) is 4.74 Å². The average molecular weight is 407 g/mol. The quantitative estimate of drug-likeness (QED) is 0.486. The largest absolute Gasteiger partial charge is 0.495 e. The highest BCUT2D eigenvalue weighted by Gasteiger charge is 2.37. The van der Waals surface area contributed by atoms with E-state index in [-0.39, 0.29) is 17.2 Å². The second-order valence-electron chi connectivity index (χ2n) is 6.48. The van der Waals surface area contributed by atoms with Crippen molar-refractivity contribution in [1.82, 2.24) is 20.2 Å². The number of hydrogen-bond donors (Lipinski definition) is 2. The van der Waals surface area contributed by atoms with Gasteiger partial charge in [0.05, 0.1) is 28.9 Å². The van der Waals surface area contributed by atoms with Gasteiger partial charge < -0.3 is 15.4 Å². The monoisotopic (exact) mass is 407 g/mol. The Labute approximate surface area is 170 Å². The fourth-order valence-electron chi connectivity index (χ4n) is 3.42. The number of aromatic nitrogens is 4. The summed E-state index contributed by atoms with van der Waals surface area (Å²) >= 11 is 0. The zero-order valence-corrected chi connectivity index (χ0v) is 16.1. The Morgan fingerprint density at radius 2 is 1.97 bits per heavy atom. The SMILES string of the molecule is COc1ccccc1NC(=O)C1=C(C)Nc2nnnn2[C@@H]1c1ccccc1[N+](=O)[O-]. The normalized spacial score (nSPS) is 15.2. The number of nitrogens with one attached hydrogen (secondary N) is 2. The predicted octanol–water partition coefficient (Wildman–Crippen LogP) is 2.52. The lowest BCUT2D eigenvalue weighted by atomic mass is 9.93. The molecule has 0 spiro atoms. The van der Waals surface area contributed by atoms with Gasteiger partial charge in [0, 0.05) is 11.8 Å². The van der Waals surface area contributed by atoms with Crippen LogP contribution in [0.5, 0.6) is 5.75 Å². The number of allylic oxidation sites excluding steroid dienone is 1. The summed E-state index contributed by atoms with van der Waals surface area (Å²) in [5.74, 6) is 0.302. The molecule has 4 rings (SSSR count). The van der Waals surface area contributed by atoms with Crippen LogP contribution >= 0.6 is 0 Å². The van der Waals surface area contributed by atoms with Gasteiger partial charge in [-0.3, -0.25) is 14.9 Å². The van der Waals surface area contributed by atoms with Crippen LogP contribution in [0.4, 0.5) is 17.3 Å². The molecule has 1 aliphatic rings. The number of nitrogens with zero attached hydrogens (tertiary/aromatic N) is 5. The number of hydrogen-bond acceptors (Lipinski definition) is 8. The van der Waals surface area contributed by atoms with Crippen molar-refractivity contribution < 1.29 is 14.5 Å². The lowest BCUT2D eigenvalue weighted by molar-refractivity contribution is -0.385. The Bertz CT molecular complexity index is 1170. The number of nitro groups is 1. The number of rotatable bonds is 5. The van der Waals surface area contributed by atoms with E-state index < -0.39 is 16.9 Å². The number of anilines is 2. The average Bonchev–Trinajstić information content (AvgIpc) is 3.21. The van der Waals surface area contributed by atoms with Gasteiger partial charge in [-0.1, -0.05) is 29.4 Å². The van der Waals surface area contributed by atoms with E-state index in [1.165, 1.54) is 17.9 Å². The molecule has 0 radical (unpaired) electrons. The standard InChI is InChI=1S/C19H17N7O4/c1-11-16(18(27)21-13-8-4-6-10-15(13)30-2)17(25-19(20-11)22-23-24-25)12-7-3-5-9-14(12)26(28)29/h3-10,17H,1-2H3,(H,21,27)(H,20,22,24)/t17-/m1/s1. The molecule has 0 saturated heterocycles. The first-order valence-electron chi connectivity index (χ1n) is 8.94. The smallest absolute Gasteiger partial charge is 0.275 e. The van der Waals surface area contributed by atoms with Gasteiger partial charge in [0.25, 0.3) is 11.6 Å². The second kappa shape index (κ2) is 7.62. The van der Waals surface area contributed by atoms with Gasteiger partial charge >= 0.3 is 0 Å². The number of ether oxygens (including phenoxy) is 1. The molecule has 0 fully saturated rings. The van der Waals surface area contributed by atoms with Crippen molar-refractivity contribution in [2.75, 3.05) is 17.7 Å². The van der Waals surface area contributed by atoms with Crippen LogP contribution in [0.3, 0.4) is 0 Å². The van der Waals surface area contributed by atoms with Crippen LogP contribution < -0.4 is 15.4 Å². The highest BCUT2D eigenvalue weighted by Crippen LogP contribution is 2.39. The number of carbonyl (C=O) groups is 1. The number of nitro benzene ring substituents is 1. The maximum atomic E-state index is 13.3. The van der Waals surface area contributed by atoms with Crippen molar-refractivity contribution in [2.24, 2.45) is 0 Å². The van der Waals surface area contributed by atoms with Crippen molar-refractivity contribution in [3.63, 3.8) is 0 Å². The van der Waals surface area contributed by atoms with Gasteiger partial charge in [0.1, 0.15) is 11.8 Å². The molecule has 2 heterocycles. The summed E-state index contributed by atoms with van der Waals surface area (Å²) in [6.07, 6.45) is 0. The minimum atomic E-state index is -0.896. The maximum absolute atomic E-state index is 13.3. The number of tetrazole rings is 1. The van der Waals surface area contributed by atoms with E-state index in [1.807, 2.05) is 0 Å². The van der Waals surface area contributed by atoms with E-state index in [0.717, 1.165) is 0 Å². The minimum Gasteiger partial charge on any atom is -0.495 e. The number of benzene rings is 2. The first kappa shape index (κ1) is 19.1. The van der Waals surface area contributed by atoms with Gasteiger partial charge in [-0.15, -0.1) is 0 Å². The fourth-order valence-corrected chi connectivity index (χ4v) is 3.42. The molecule has 2 N–H and O–H groups in total. The third-order valence-electron chi connectivity index (χ3n) is 4.74. The Morgan fingerprint density at radius 3 is 2.73 bits per heavy atom. The maximum Gasteiger partial charge on any atom is 0.275 e. The summed E-state index contributed by atoms with van der Waals surface area (Å²) in [5, 5.41) is 28.9. The van der Waals surface area contributed by atoms with Gasteiger partial charge in [-0.2, -0.15) is 4.68 Å². The third-order valence-corrected chi connectivity index (χ3v) is 4.74. The first-order valence-corrected chi connectivity index (χ1v) is 8.94. The molecule has 1 amide bonds. The zero-order valence-electron chi connectivity index (χ0n) is 16.1. The van der Waals surface area contributed by atoms with E-state index in [1.54, 1.807) is 49.4 Å². The molecule has 0 saturated carbocycles. The third kappa shape index (κ3) is 3.21. The van der Waals surface area contributed by atoms with Crippen LogP contribution in [0.1, 0.15) is 18.5 Å². The molecule has 1 atom stereocenters. The van der Waals surface area contributed by atoms with E-state index >= 15 is 0 Å². The molecule has 1 aromatic heterocycles. The number of para-hydroxylation sites is 3. The molecule has 0 aliphatic carbocycles. The highest BCUT2D eigenvalue weighted by atomic mass is 16.6. The summed E-state index contributed by atoms with van der Waals surface area (Å²) in [6, 6.07) is 12.3. The number of amides is 1. The number of fused-ring (bicyclic) bond motifs is 1. The Kier molecular flexibility index (Phi) is 4.84. The van der Waals surface area contributed by atoms with Gasteiger partial charge in [0.15, 0.2) is 0 Å². The van der Waals surface area contributed by atoms with Crippen molar-refractivity contribution in [3.05, 3.63) is 75.5 Å². The van der Waals surface area contributed by atoms with Crippen molar-refractivity contribution >= 4 is 23.2 Å². The molecule has 0 bridgehead atoms. The number of carbonyl (C=O) groups excluding carboxylic acids is 1. The molecular formula is C19H17N7O4. The van der Waals surface area contributed by atoms with Crippen LogP contribution in [0.25, 0.3) is 0 Å². The van der Waals surface area contributed by atoms with Crippen LogP contribution in [-0.4, -0.2) is 38.1 Å². The summed E-state index contributed by atoms with van der Waals surface area (Å²) in [6.45, 7) is 1.69. The van der Waals surface area contributed by atoms with E-state index in [2.05, 4.69) is 26.2 Å². The van der Waals surface area contributed by atoms with E-state index in [0.29, 0.717) is 22.7 Å². The Hall–Kier alpha value is -4.28. The molecule has 1 aliphatic heterocycles. The summed E-state index contributed by atoms with van der Waals surface area (Å²) in [7, 11) is 1.50. The van der Waals surface area contributed by atoms with Crippen LogP contribution in [0, 0.1) is 10.1 Å². The van der Waals surface area contributed by atoms with E-state index in [9.17, 15) is 14.9 Å². The molecule has 3 aromatic rings. The Morgan fingerprint density at radius 1 is 1.23 bits per heavy atom. The first-order chi connectivity index (χ1) is 14.5. The lowest BCUT2D eigenvalue weighted by Crippen LogP contribution is -2.32. The van der Waals surface area contributed by atoms with Crippen molar-refractivity contribution in [3.8, 4) is 5.75 Å². The number of methoxy groups -OCH3 is 1. The molecule has 11 heteroatoms. The topological polar surface area (TPSA) is 137 Å². The fraction of sp³-hybridized carbons (Fsp3) is 0.158. The van der Waals surface area contributed by atoms with Gasteiger partial charge in [-0.25, -0.2) is 0 Å². The van der Waals surface area contributed by atoms with Crippen molar-refractivity contribution in [2.45, 2.75) is 13.0 Å². The second-order valence-corrected chi connectivity index (χ2v) is 6.48. The summed E-state index contributed by atoms with van der Waals surface area (Å²) in [4.78, 5) is 24.5. The predicted molar refractivity (Wildman–Crippen MR) is 107 cm³/mol. The Balaban J connectivity index is 1.83. The van der Waals surface area contributed by atoms with Crippen LogP contribution in [0.15, 0.2) is 59.8 Å². The zero-order chi connectivity index (χ0) is 21.3. The van der Waals surface area contributed by atoms with Gasteiger partial charge in [0.2, 0.25) is 5.95 Å². The molecule has 30 heavy (non-hydrogen) atoms. The molecule has 152 valence electrons. The summed E-state index contributed by atoms with van der Waals surface area (Å²) in [5.41, 5.74) is 1.35.